The lowest BCUT2D eigenvalue weighted by Gasteiger charge is -2.43. The van der Waals surface area contributed by atoms with Crippen LogP contribution in [0, 0.1) is 0 Å². The highest BCUT2D eigenvalue weighted by Gasteiger charge is 2.47. The molecule has 3 saturated heterocycles. The number of hydrogen-bond donors (Lipinski definition) is 2. The molecule has 6 heterocycles. The number of aromatic amines is 1. The molecule has 8 rings (SSSR count). The van der Waals surface area contributed by atoms with Gasteiger partial charge in [-0.3, -0.25) is 4.90 Å². The number of nitrogens with zero attached hydrogens (tertiary/aromatic N) is 6. The minimum atomic E-state index is 0.0648. The zero-order valence-corrected chi connectivity index (χ0v) is 22.6. The monoisotopic (exact) mass is 536 g/mol. The fraction of sp³-hybridized carbons (Fsp3) is 0.367. The average molecular weight is 537 g/mol. The second-order valence-corrected chi connectivity index (χ2v) is 11.3. The Balaban J connectivity index is 1.08. The fourth-order valence-corrected chi connectivity index (χ4v) is 6.38. The first-order chi connectivity index (χ1) is 19.6. The van der Waals surface area contributed by atoms with Gasteiger partial charge in [-0.1, -0.05) is 12.1 Å². The molecule has 2 N–H and O–H groups in total. The third-order valence-corrected chi connectivity index (χ3v) is 8.33. The molecule has 204 valence electrons. The van der Waals surface area contributed by atoms with Gasteiger partial charge in [0.05, 0.1) is 31.0 Å². The van der Waals surface area contributed by atoms with Gasteiger partial charge in [-0.25, -0.2) is 14.5 Å². The summed E-state index contributed by atoms with van der Waals surface area (Å²) in [6.45, 7) is 8.02. The van der Waals surface area contributed by atoms with Crippen LogP contribution in [0.3, 0.4) is 0 Å². The molecule has 10 heteroatoms. The molecular weight excluding hydrogens is 504 g/mol. The predicted octanol–water partition coefficient (Wildman–Crippen LogP) is 4.47. The number of hydrogen-bond acceptors (Lipinski definition) is 8. The number of nitrogens with one attached hydrogen (secondary N) is 2. The van der Waals surface area contributed by atoms with Crippen LogP contribution in [-0.4, -0.2) is 80.0 Å². The van der Waals surface area contributed by atoms with E-state index in [0.717, 1.165) is 59.9 Å². The molecule has 3 aliphatic rings. The summed E-state index contributed by atoms with van der Waals surface area (Å²) in [5.41, 5.74) is 4.73. The van der Waals surface area contributed by atoms with Crippen molar-refractivity contribution in [2.24, 2.45) is 0 Å². The highest BCUT2D eigenvalue weighted by molar-refractivity contribution is 5.84. The summed E-state index contributed by atoms with van der Waals surface area (Å²) in [5, 5.41) is 9.36. The van der Waals surface area contributed by atoms with Crippen molar-refractivity contribution in [1.82, 2.24) is 29.5 Å². The van der Waals surface area contributed by atoms with Crippen LogP contribution < -0.4 is 15.0 Å². The highest BCUT2D eigenvalue weighted by atomic mass is 16.5. The largest absolute Gasteiger partial charge is 0.489 e. The molecule has 2 unspecified atom stereocenters. The summed E-state index contributed by atoms with van der Waals surface area (Å²) in [6, 6.07) is 16.3. The molecule has 2 atom stereocenters. The van der Waals surface area contributed by atoms with E-state index in [1.165, 1.54) is 6.42 Å². The van der Waals surface area contributed by atoms with Gasteiger partial charge in [0.2, 0.25) is 0 Å². The van der Waals surface area contributed by atoms with E-state index in [4.69, 9.17) is 19.6 Å². The van der Waals surface area contributed by atoms with Crippen molar-refractivity contribution in [2.45, 2.75) is 44.5 Å². The fourth-order valence-electron chi connectivity index (χ4n) is 6.38. The SMILES string of the molecule is CC(C)Oc1cc(Nc2nccn3nc(-c4ccc5cc[nH]c5c4)nc23)ccc1N1CC2CC1CN2C1COC1. The minimum absolute atomic E-state index is 0.0648. The number of ether oxygens (including phenoxy) is 2. The average Bonchev–Trinajstić information content (AvgIpc) is 3.70. The van der Waals surface area contributed by atoms with E-state index in [1.807, 2.05) is 18.5 Å². The molecular formula is C30H32N8O2. The zero-order valence-electron chi connectivity index (χ0n) is 22.6. The second kappa shape index (κ2) is 9.21. The smallest absolute Gasteiger partial charge is 0.199 e. The Labute approximate surface area is 231 Å². The number of rotatable bonds is 7. The van der Waals surface area contributed by atoms with E-state index < -0.39 is 0 Å². The minimum Gasteiger partial charge on any atom is -0.489 e. The van der Waals surface area contributed by atoms with Gasteiger partial charge in [0, 0.05) is 66.6 Å². The highest BCUT2D eigenvalue weighted by Crippen LogP contribution is 2.42. The van der Waals surface area contributed by atoms with Crippen LogP contribution in [0.2, 0.25) is 0 Å². The van der Waals surface area contributed by atoms with Crippen molar-refractivity contribution in [3.63, 3.8) is 0 Å². The van der Waals surface area contributed by atoms with Crippen molar-refractivity contribution in [2.75, 3.05) is 36.5 Å². The van der Waals surface area contributed by atoms with Gasteiger partial charge in [0.25, 0.3) is 0 Å². The first-order valence-electron chi connectivity index (χ1n) is 14.1. The number of aromatic nitrogens is 5. The van der Waals surface area contributed by atoms with E-state index in [0.29, 0.717) is 35.4 Å². The molecule has 0 amide bonds. The Kier molecular flexibility index (Phi) is 5.46. The van der Waals surface area contributed by atoms with E-state index in [2.05, 4.69) is 75.3 Å². The summed E-state index contributed by atoms with van der Waals surface area (Å²) in [6.07, 6.45) is 6.77. The summed E-state index contributed by atoms with van der Waals surface area (Å²) in [4.78, 5) is 17.9. The summed E-state index contributed by atoms with van der Waals surface area (Å²) >= 11 is 0. The number of piperazine rings is 1. The van der Waals surface area contributed by atoms with Crippen LogP contribution in [0.15, 0.2) is 61.1 Å². The van der Waals surface area contributed by atoms with Gasteiger partial charge in [0.15, 0.2) is 17.3 Å². The lowest BCUT2D eigenvalue weighted by molar-refractivity contribution is -0.0708. The van der Waals surface area contributed by atoms with Gasteiger partial charge < -0.3 is 24.7 Å². The molecule has 2 bridgehead atoms. The van der Waals surface area contributed by atoms with E-state index >= 15 is 0 Å². The van der Waals surface area contributed by atoms with Gasteiger partial charge in [0.1, 0.15) is 5.75 Å². The van der Waals surface area contributed by atoms with Gasteiger partial charge in [-0.05, 0) is 49.9 Å². The van der Waals surface area contributed by atoms with Crippen LogP contribution in [0.5, 0.6) is 5.75 Å². The molecule has 2 aromatic carbocycles. The molecule has 0 saturated carbocycles. The number of fused-ring (bicyclic) bond motifs is 4. The third-order valence-electron chi connectivity index (χ3n) is 8.33. The third kappa shape index (κ3) is 3.98. The zero-order chi connectivity index (χ0) is 26.8. The summed E-state index contributed by atoms with van der Waals surface area (Å²) in [5.74, 6) is 2.18. The molecule has 5 aromatic rings. The maximum atomic E-state index is 6.36. The Bertz CT molecular complexity index is 1710. The quantitative estimate of drug-likeness (QED) is 0.315. The van der Waals surface area contributed by atoms with Crippen LogP contribution >= 0.6 is 0 Å². The van der Waals surface area contributed by atoms with E-state index in [1.54, 1.807) is 10.7 Å². The normalized spacial score (nSPS) is 21.1. The molecule has 3 fully saturated rings. The molecule has 0 radical (unpaired) electrons. The second-order valence-electron chi connectivity index (χ2n) is 11.3. The van der Waals surface area contributed by atoms with Crippen molar-refractivity contribution in [3.8, 4) is 17.1 Å². The van der Waals surface area contributed by atoms with Crippen molar-refractivity contribution >= 4 is 33.7 Å². The first kappa shape index (κ1) is 23.7. The maximum Gasteiger partial charge on any atom is 0.199 e. The topological polar surface area (TPSA) is 95.8 Å². The number of benzene rings is 2. The van der Waals surface area contributed by atoms with Crippen molar-refractivity contribution in [1.29, 1.82) is 0 Å². The lowest BCUT2D eigenvalue weighted by atomic mass is 10.1. The summed E-state index contributed by atoms with van der Waals surface area (Å²) < 4.78 is 13.6. The van der Waals surface area contributed by atoms with Crippen LogP contribution in [-0.2, 0) is 4.74 Å². The van der Waals surface area contributed by atoms with Crippen molar-refractivity contribution < 1.29 is 9.47 Å². The maximum absolute atomic E-state index is 6.36. The number of anilines is 3. The number of likely N-dealkylation sites (tertiary alicyclic amines) is 1. The Morgan fingerprint density at radius 2 is 1.98 bits per heavy atom. The Morgan fingerprint density at radius 1 is 1.05 bits per heavy atom. The molecule has 0 spiro atoms. The Hall–Kier alpha value is -4.15. The van der Waals surface area contributed by atoms with Crippen LogP contribution in [0.1, 0.15) is 20.3 Å². The van der Waals surface area contributed by atoms with Gasteiger partial charge >= 0.3 is 0 Å². The standard InChI is InChI=1S/C30H32N8O2/c1-18(2)40-27-12-21(5-6-26(27)37-15-22-13-23(37)14-36(22)24-16-39-17-24)33-29-30-34-28(35-38(30)10-9-32-29)20-4-3-19-7-8-31-25(19)11-20/h3-12,18,22-24,31H,13-17H2,1-2H3,(H,32,33). The van der Waals surface area contributed by atoms with Crippen LogP contribution in [0.25, 0.3) is 27.9 Å². The van der Waals surface area contributed by atoms with E-state index in [9.17, 15) is 0 Å². The molecule has 3 aromatic heterocycles. The molecule has 3 aliphatic heterocycles. The number of H-pyrrole nitrogens is 1. The van der Waals surface area contributed by atoms with E-state index in [-0.39, 0.29) is 6.10 Å². The Morgan fingerprint density at radius 3 is 2.77 bits per heavy atom. The van der Waals surface area contributed by atoms with Crippen molar-refractivity contribution in [3.05, 3.63) is 61.1 Å². The summed E-state index contributed by atoms with van der Waals surface area (Å²) in [7, 11) is 0. The van der Waals surface area contributed by atoms with Gasteiger partial charge in [-0.2, -0.15) is 0 Å². The molecule has 40 heavy (non-hydrogen) atoms. The lowest BCUT2D eigenvalue weighted by Crippen LogP contribution is -2.56. The molecule has 10 nitrogen and oxygen atoms in total. The predicted molar refractivity (Wildman–Crippen MR) is 154 cm³/mol. The first-order valence-corrected chi connectivity index (χ1v) is 14.1. The van der Waals surface area contributed by atoms with Crippen LogP contribution in [0.4, 0.5) is 17.2 Å². The van der Waals surface area contributed by atoms with Gasteiger partial charge in [-0.15, -0.1) is 5.10 Å². The molecule has 0 aliphatic carbocycles.